The number of piperazine rings is 1. The fraction of sp³-hybridized carbons (Fsp3) is 0.519. The van der Waals surface area contributed by atoms with Crippen molar-refractivity contribution in [2.75, 3.05) is 44.7 Å². The Balaban J connectivity index is 0.000000325. The summed E-state index contributed by atoms with van der Waals surface area (Å²) in [5.74, 6) is -6.99. The van der Waals surface area contributed by atoms with Gasteiger partial charge in [0.25, 0.3) is 0 Å². The second kappa shape index (κ2) is 17.0. The molecule has 49 heavy (non-hydrogen) atoms. The van der Waals surface area contributed by atoms with E-state index < -0.39 is 36.4 Å². The van der Waals surface area contributed by atoms with E-state index in [2.05, 4.69) is 62.5 Å². The van der Waals surface area contributed by atoms with E-state index in [1.165, 1.54) is 34.9 Å². The van der Waals surface area contributed by atoms with Gasteiger partial charge in [0.1, 0.15) is 11.5 Å². The van der Waals surface area contributed by atoms with Crippen LogP contribution in [0.15, 0.2) is 29.9 Å². The molecule has 5 rings (SSSR count). The standard InChI is InChI=1S/C21H28N6S.3C2HF3O2/c1-16-19(28-15-22-16)14-25-11-10-24(2)18(13-25)17-12-27-20(23-17)6-5-7-21(27)26-8-3-4-9-26;3*3-2(4,5)1(6)7/h5-7,12,15,18H,3-4,8-11,13-14H2,1-2H3;3*(H,6,7). The number of pyridine rings is 1. The molecular formula is C27H31F9N6O6S. The van der Waals surface area contributed by atoms with Gasteiger partial charge in [0, 0.05) is 50.3 Å². The van der Waals surface area contributed by atoms with Gasteiger partial charge in [-0.1, -0.05) is 6.07 Å². The average molecular weight is 739 g/mol. The Morgan fingerprint density at radius 1 is 0.857 bits per heavy atom. The highest BCUT2D eigenvalue weighted by Crippen LogP contribution is 2.29. The van der Waals surface area contributed by atoms with Crippen LogP contribution in [0.5, 0.6) is 0 Å². The first-order chi connectivity index (χ1) is 22.5. The maximum Gasteiger partial charge on any atom is 0.490 e. The molecule has 12 nitrogen and oxygen atoms in total. The molecule has 3 aromatic heterocycles. The van der Waals surface area contributed by atoms with Crippen molar-refractivity contribution in [1.29, 1.82) is 0 Å². The molecule has 3 N–H and O–H groups in total. The van der Waals surface area contributed by atoms with Crippen molar-refractivity contribution in [1.82, 2.24) is 24.2 Å². The number of aryl methyl sites for hydroxylation is 1. The van der Waals surface area contributed by atoms with Gasteiger partial charge in [0.15, 0.2) is 0 Å². The van der Waals surface area contributed by atoms with Crippen LogP contribution in [-0.4, -0.2) is 116 Å². The van der Waals surface area contributed by atoms with Crippen molar-refractivity contribution in [2.45, 2.75) is 50.9 Å². The van der Waals surface area contributed by atoms with Crippen molar-refractivity contribution in [2.24, 2.45) is 0 Å². The van der Waals surface area contributed by atoms with E-state index in [0.29, 0.717) is 6.04 Å². The summed E-state index contributed by atoms with van der Waals surface area (Å²) in [6.07, 6.45) is -10.4. The van der Waals surface area contributed by atoms with E-state index in [-0.39, 0.29) is 0 Å². The molecule has 5 heterocycles. The molecule has 2 aliphatic rings. The van der Waals surface area contributed by atoms with Gasteiger partial charge in [-0.25, -0.2) is 24.4 Å². The largest absolute Gasteiger partial charge is 0.490 e. The van der Waals surface area contributed by atoms with Crippen LogP contribution in [0, 0.1) is 6.92 Å². The summed E-state index contributed by atoms with van der Waals surface area (Å²) >= 11 is 1.77. The Labute approximate surface area is 276 Å². The third-order valence-electron chi connectivity index (χ3n) is 6.93. The first kappa shape index (κ1) is 41.0. The van der Waals surface area contributed by atoms with Crippen molar-refractivity contribution >= 4 is 40.7 Å². The molecule has 1 unspecified atom stereocenters. The lowest BCUT2D eigenvalue weighted by Crippen LogP contribution is -2.46. The molecule has 2 fully saturated rings. The summed E-state index contributed by atoms with van der Waals surface area (Å²) in [5, 5.41) is 21.4. The monoisotopic (exact) mass is 738 g/mol. The first-order valence-electron chi connectivity index (χ1n) is 14.0. The molecule has 0 radical (unpaired) electrons. The van der Waals surface area contributed by atoms with E-state index in [0.717, 1.165) is 44.9 Å². The highest BCUT2D eigenvalue weighted by molar-refractivity contribution is 7.09. The van der Waals surface area contributed by atoms with Crippen molar-refractivity contribution in [3.05, 3.63) is 46.2 Å². The topological polar surface area (TPSA) is 152 Å². The second-order valence-electron chi connectivity index (χ2n) is 10.5. The molecule has 2 aliphatic heterocycles. The summed E-state index contributed by atoms with van der Waals surface area (Å²) in [6, 6.07) is 6.83. The van der Waals surface area contributed by atoms with Crippen LogP contribution in [0.2, 0.25) is 0 Å². The third kappa shape index (κ3) is 12.7. The SMILES string of the molecule is Cc1ncsc1CN1CCN(C)C(c2cn3c(N4CCCC4)cccc3n2)C1.O=C(O)C(F)(F)F.O=C(O)C(F)(F)F.O=C(O)C(F)(F)F. The fourth-order valence-electron chi connectivity index (χ4n) is 4.45. The van der Waals surface area contributed by atoms with Gasteiger partial charge >= 0.3 is 36.4 Å². The summed E-state index contributed by atoms with van der Waals surface area (Å²) in [5.41, 5.74) is 5.37. The second-order valence-corrected chi connectivity index (χ2v) is 11.4. The van der Waals surface area contributed by atoms with Gasteiger partial charge in [-0.2, -0.15) is 39.5 Å². The van der Waals surface area contributed by atoms with Crippen LogP contribution in [-0.2, 0) is 20.9 Å². The lowest BCUT2D eigenvalue weighted by molar-refractivity contribution is -0.193. The van der Waals surface area contributed by atoms with E-state index in [9.17, 15) is 39.5 Å². The van der Waals surface area contributed by atoms with Crippen molar-refractivity contribution in [3.8, 4) is 0 Å². The molecule has 0 amide bonds. The lowest BCUT2D eigenvalue weighted by atomic mass is 10.1. The molecule has 1 atom stereocenters. The number of fused-ring (bicyclic) bond motifs is 1. The van der Waals surface area contributed by atoms with Crippen LogP contribution in [0.1, 0.15) is 35.1 Å². The summed E-state index contributed by atoms with van der Waals surface area (Å²) in [4.78, 5) is 45.0. The number of hydrogen-bond acceptors (Lipinski definition) is 9. The molecule has 0 bridgehead atoms. The van der Waals surface area contributed by atoms with Gasteiger partial charge in [0.2, 0.25) is 0 Å². The molecule has 0 aliphatic carbocycles. The number of hydrogen-bond donors (Lipinski definition) is 3. The highest BCUT2D eigenvalue weighted by atomic mass is 32.1. The molecule has 22 heteroatoms. The summed E-state index contributed by atoms with van der Waals surface area (Å²) in [6.45, 7) is 8.58. The number of nitrogens with zero attached hydrogens (tertiary/aromatic N) is 6. The number of carboxylic acid groups (broad SMARTS) is 3. The minimum atomic E-state index is -5.08. The maximum atomic E-state index is 10.6. The molecule has 0 spiro atoms. The maximum absolute atomic E-state index is 10.6. The Hall–Kier alpha value is -4.18. The van der Waals surface area contributed by atoms with Crippen LogP contribution >= 0.6 is 11.3 Å². The quantitative estimate of drug-likeness (QED) is 0.307. The summed E-state index contributed by atoms with van der Waals surface area (Å²) in [7, 11) is 2.23. The number of anilines is 1. The molecule has 3 aromatic rings. The van der Waals surface area contributed by atoms with Gasteiger partial charge in [-0.15, -0.1) is 11.3 Å². The van der Waals surface area contributed by atoms with E-state index in [1.54, 1.807) is 11.3 Å². The van der Waals surface area contributed by atoms with E-state index in [1.807, 2.05) is 5.51 Å². The minimum absolute atomic E-state index is 0.327. The lowest BCUT2D eigenvalue weighted by Gasteiger charge is -2.38. The number of halogens is 9. The molecular weight excluding hydrogens is 707 g/mol. The summed E-state index contributed by atoms with van der Waals surface area (Å²) < 4.78 is 97.5. The highest BCUT2D eigenvalue weighted by Gasteiger charge is 2.39. The predicted octanol–water partition coefficient (Wildman–Crippen LogP) is 5.09. The van der Waals surface area contributed by atoms with E-state index >= 15 is 0 Å². The number of aliphatic carboxylic acids is 3. The number of alkyl halides is 9. The normalized spacial score (nSPS) is 17.3. The zero-order valence-corrected chi connectivity index (χ0v) is 26.5. The van der Waals surface area contributed by atoms with Gasteiger partial charge in [-0.3, -0.25) is 14.2 Å². The minimum Gasteiger partial charge on any atom is -0.475 e. The smallest absolute Gasteiger partial charge is 0.475 e. The fourth-order valence-corrected chi connectivity index (χ4v) is 5.27. The third-order valence-corrected chi connectivity index (χ3v) is 7.85. The molecule has 0 aromatic carbocycles. The zero-order chi connectivity index (χ0) is 37.3. The van der Waals surface area contributed by atoms with Gasteiger partial charge < -0.3 is 20.2 Å². The zero-order valence-electron chi connectivity index (χ0n) is 25.7. The van der Waals surface area contributed by atoms with Crippen molar-refractivity contribution in [3.63, 3.8) is 0 Å². The van der Waals surface area contributed by atoms with Crippen molar-refractivity contribution < 1.29 is 69.2 Å². The number of carboxylic acids is 3. The molecule has 0 saturated carbocycles. The average Bonchev–Trinajstić information content (AvgIpc) is 3.75. The number of thiazole rings is 1. The number of carbonyl (C=O) groups is 3. The predicted molar refractivity (Wildman–Crippen MR) is 155 cm³/mol. The molecule has 274 valence electrons. The van der Waals surface area contributed by atoms with E-state index in [4.69, 9.17) is 34.7 Å². The van der Waals surface area contributed by atoms with Crippen LogP contribution in [0.25, 0.3) is 5.65 Å². The first-order valence-corrected chi connectivity index (χ1v) is 14.8. The van der Waals surface area contributed by atoms with Crippen LogP contribution < -0.4 is 4.90 Å². The Bertz CT molecular complexity index is 1500. The Morgan fingerprint density at radius 2 is 1.37 bits per heavy atom. The van der Waals surface area contributed by atoms with Crippen LogP contribution in [0.3, 0.4) is 0 Å². The number of imidazole rings is 1. The van der Waals surface area contributed by atoms with Gasteiger partial charge in [0.05, 0.1) is 22.9 Å². The Kier molecular flexibility index (Phi) is 14.2. The number of aromatic nitrogens is 3. The Morgan fingerprint density at radius 3 is 1.82 bits per heavy atom. The van der Waals surface area contributed by atoms with Gasteiger partial charge in [-0.05, 0) is 38.9 Å². The number of rotatable bonds is 4. The van der Waals surface area contributed by atoms with Crippen LogP contribution in [0.4, 0.5) is 45.3 Å². The molecule has 2 saturated heterocycles. The number of likely N-dealkylation sites (N-methyl/N-ethyl adjacent to an activating group) is 1.